The van der Waals surface area contributed by atoms with Gasteiger partial charge < -0.3 is 9.73 Å². The Hall–Kier alpha value is -1.54. The number of furan rings is 1. The fourth-order valence-electron chi connectivity index (χ4n) is 3.26. The van der Waals surface area contributed by atoms with Crippen LogP contribution in [-0.4, -0.2) is 6.54 Å². The Morgan fingerprint density at radius 2 is 1.86 bits per heavy atom. The average molecular weight is 283 g/mol. The zero-order valence-electron chi connectivity index (χ0n) is 13.1. The lowest BCUT2D eigenvalue weighted by atomic mass is 9.89. The number of rotatable bonds is 5. The minimum Gasteiger partial charge on any atom is -0.464 e. The molecule has 0 radical (unpaired) electrons. The van der Waals surface area contributed by atoms with Crippen molar-refractivity contribution in [2.75, 3.05) is 6.54 Å². The van der Waals surface area contributed by atoms with Crippen molar-refractivity contribution >= 4 is 0 Å². The zero-order valence-corrected chi connectivity index (χ0v) is 13.1. The van der Waals surface area contributed by atoms with Gasteiger partial charge in [0.05, 0.1) is 6.04 Å². The summed E-state index contributed by atoms with van der Waals surface area (Å²) in [6.45, 7) is 5.21. The maximum absolute atomic E-state index is 5.98. The summed E-state index contributed by atoms with van der Waals surface area (Å²) in [7, 11) is 0. The van der Waals surface area contributed by atoms with Crippen molar-refractivity contribution in [1.29, 1.82) is 0 Å². The van der Waals surface area contributed by atoms with Gasteiger partial charge in [-0.2, -0.15) is 0 Å². The predicted molar refractivity (Wildman–Crippen MR) is 86.7 cm³/mol. The highest BCUT2D eigenvalue weighted by atomic mass is 16.3. The number of aryl methyl sites for hydroxylation is 3. The summed E-state index contributed by atoms with van der Waals surface area (Å²) >= 11 is 0. The first-order valence-electron chi connectivity index (χ1n) is 8.25. The maximum atomic E-state index is 5.98. The van der Waals surface area contributed by atoms with Crippen LogP contribution in [-0.2, 0) is 19.3 Å². The summed E-state index contributed by atoms with van der Waals surface area (Å²) in [5.41, 5.74) is 4.40. The molecule has 1 aromatic carbocycles. The van der Waals surface area contributed by atoms with Gasteiger partial charge in [0.1, 0.15) is 11.5 Å². The summed E-state index contributed by atoms with van der Waals surface area (Å²) in [6.07, 6.45) is 6.07. The minimum atomic E-state index is 0.169. The van der Waals surface area contributed by atoms with Crippen LogP contribution in [0.4, 0.5) is 0 Å². The summed E-state index contributed by atoms with van der Waals surface area (Å²) in [5.74, 6) is 2.09. The Bertz CT molecular complexity index is 599. The molecule has 1 atom stereocenters. The van der Waals surface area contributed by atoms with Crippen molar-refractivity contribution in [2.24, 2.45) is 0 Å². The summed E-state index contributed by atoms with van der Waals surface area (Å²) in [4.78, 5) is 0. The van der Waals surface area contributed by atoms with Gasteiger partial charge in [0.15, 0.2) is 0 Å². The van der Waals surface area contributed by atoms with E-state index >= 15 is 0 Å². The van der Waals surface area contributed by atoms with Crippen molar-refractivity contribution in [1.82, 2.24) is 5.32 Å². The molecule has 21 heavy (non-hydrogen) atoms. The Morgan fingerprint density at radius 3 is 2.57 bits per heavy atom. The largest absolute Gasteiger partial charge is 0.464 e. The Balaban J connectivity index is 1.93. The molecule has 112 valence electrons. The molecule has 1 N–H and O–H groups in total. The van der Waals surface area contributed by atoms with Crippen LogP contribution < -0.4 is 5.32 Å². The lowest BCUT2D eigenvalue weighted by Crippen LogP contribution is -2.22. The molecule has 1 aliphatic carbocycles. The van der Waals surface area contributed by atoms with Crippen LogP contribution in [0.15, 0.2) is 34.7 Å². The van der Waals surface area contributed by atoms with E-state index in [2.05, 4.69) is 49.5 Å². The lowest BCUT2D eigenvalue weighted by Gasteiger charge is -2.21. The predicted octanol–water partition coefficient (Wildman–Crippen LogP) is 4.42. The average Bonchev–Trinajstić information content (AvgIpc) is 3.01. The Morgan fingerprint density at radius 1 is 1.05 bits per heavy atom. The molecule has 0 spiro atoms. The molecule has 2 aromatic rings. The molecular formula is C19H25NO. The van der Waals surface area contributed by atoms with Crippen molar-refractivity contribution < 1.29 is 4.42 Å². The fraction of sp³-hybridized carbons (Fsp3) is 0.474. The molecule has 0 saturated heterocycles. The molecule has 2 nitrogen and oxygen atoms in total. The number of nitrogens with one attached hydrogen (secondary N) is 1. The van der Waals surface area contributed by atoms with Gasteiger partial charge >= 0.3 is 0 Å². The van der Waals surface area contributed by atoms with Crippen LogP contribution in [0.5, 0.6) is 0 Å². The SMILES string of the molecule is CCNC(c1ccc2c(c1)CCCC2)c1ccc(CC)o1. The highest BCUT2D eigenvalue weighted by molar-refractivity contribution is 5.37. The molecule has 1 aliphatic rings. The first kappa shape index (κ1) is 14.4. The number of hydrogen-bond donors (Lipinski definition) is 1. The fourth-order valence-corrected chi connectivity index (χ4v) is 3.26. The molecule has 3 rings (SSSR count). The monoisotopic (exact) mass is 283 g/mol. The summed E-state index contributed by atoms with van der Waals surface area (Å²) in [6, 6.07) is 11.4. The maximum Gasteiger partial charge on any atom is 0.125 e. The van der Waals surface area contributed by atoms with E-state index in [9.17, 15) is 0 Å². The highest BCUT2D eigenvalue weighted by Gasteiger charge is 2.19. The molecule has 0 fully saturated rings. The molecule has 0 amide bonds. The van der Waals surface area contributed by atoms with E-state index in [1.807, 2.05) is 0 Å². The summed E-state index contributed by atoms with van der Waals surface area (Å²) in [5, 5.41) is 3.57. The standard InChI is InChI=1S/C19H25NO/c1-3-17-11-12-18(21-17)19(20-4-2)16-10-9-14-7-5-6-8-15(14)13-16/h9-13,19-20H,3-8H2,1-2H3. The van der Waals surface area contributed by atoms with E-state index in [1.165, 1.54) is 42.4 Å². The van der Waals surface area contributed by atoms with Crippen LogP contribution in [0.1, 0.15) is 60.9 Å². The smallest absolute Gasteiger partial charge is 0.125 e. The topological polar surface area (TPSA) is 25.2 Å². The van der Waals surface area contributed by atoms with E-state index in [-0.39, 0.29) is 6.04 Å². The zero-order chi connectivity index (χ0) is 14.7. The third kappa shape index (κ3) is 3.06. The molecule has 0 bridgehead atoms. The molecule has 2 heteroatoms. The van der Waals surface area contributed by atoms with Crippen molar-refractivity contribution in [3.63, 3.8) is 0 Å². The number of hydrogen-bond acceptors (Lipinski definition) is 2. The van der Waals surface area contributed by atoms with Crippen molar-refractivity contribution in [3.8, 4) is 0 Å². The number of benzene rings is 1. The third-order valence-corrected chi connectivity index (χ3v) is 4.43. The first-order chi connectivity index (χ1) is 10.3. The van der Waals surface area contributed by atoms with Crippen LogP contribution in [0.3, 0.4) is 0 Å². The van der Waals surface area contributed by atoms with Crippen LogP contribution in [0.2, 0.25) is 0 Å². The van der Waals surface area contributed by atoms with Gasteiger partial charge in [-0.25, -0.2) is 0 Å². The Labute approximate surface area is 127 Å². The molecular weight excluding hydrogens is 258 g/mol. The van der Waals surface area contributed by atoms with Gasteiger partial charge in [0, 0.05) is 6.42 Å². The van der Waals surface area contributed by atoms with Gasteiger partial charge in [-0.1, -0.05) is 32.0 Å². The molecule has 1 aromatic heterocycles. The third-order valence-electron chi connectivity index (χ3n) is 4.43. The highest BCUT2D eigenvalue weighted by Crippen LogP contribution is 2.29. The molecule has 1 heterocycles. The van der Waals surface area contributed by atoms with Crippen molar-refractivity contribution in [3.05, 3.63) is 58.5 Å². The van der Waals surface area contributed by atoms with Gasteiger partial charge in [0.25, 0.3) is 0 Å². The first-order valence-corrected chi connectivity index (χ1v) is 8.25. The minimum absolute atomic E-state index is 0.169. The molecule has 0 aliphatic heterocycles. The lowest BCUT2D eigenvalue weighted by molar-refractivity contribution is 0.425. The van der Waals surface area contributed by atoms with E-state index in [0.29, 0.717) is 0 Å². The van der Waals surface area contributed by atoms with Crippen LogP contribution in [0.25, 0.3) is 0 Å². The quantitative estimate of drug-likeness (QED) is 0.878. The van der Waals surface area contributed by atoms with E-state index < -0.39 is 0 Å². The Kier molecular flexibility index (Phi) is 4.45. The van der Waals surface area contributed by atoms with Gasteiger partial charge in [0.2, 0.25) is 0 Å². The second kappa shape index (κ2) is 6.48. The normalized spacial score (nSPS) is 15.7. The van der Waals surface area contributed by atoms with Crippen molar-refractivity contribution in [2.45, 2.75) is 52.0 Å². The second-order valence-corrected chi connectivity index (χ2v) is 5.88. The molecule has 1 unspecified atom stereocenters. The number of fused-ring (bicyclic) bond motifs is 1. The van der Waals surface area contributed by atoms with Crippen LogP contribution >= 0.6 is 0 Å². The van der Waals surface area contributed by atoms with E-state index in [0.717, 1.165) is 24.5 Å². The second-order valence-electron chi connectivity index (χ2n) is 5.88. The van der Waals surface area contributed by atoms with E-state index in [4.69, 9.17) is 4.42 Å². The summed E-state index contributed by atoms with van der Waals surface area (Å²) < 4.78 is 5.98. The van der Waals surface area contributed by atoms with Gasteiger partial charge in [-0.15, -0.1) is 0 Å². The van der Waals surface area contributed by atoms with Crippen LogP contribution in [0, 0.1) is 0 Å². The molecule has 0 saturated carbocycles. The van der Waals surface area contributed by atoms with E-state index in [1.54, 1.807) is 0 Å². The van der Waals surface area contributed by atoms with Gasteiger partial charge in [-0.3, -0.25) is 0 Å². The van der Waals surface area contributed by atoms with Gasteiger partial charge in [-0.05, 0) is 61.1 Å².